The molecule has 0 saturated carbocycles. The smallest absolute Gasteiger partial charge is 0.170 e. The Labute approximate surface area is 72.0 Å². The highest BCUT2D eigenvalue weighted by molar-refractivity contribution is 5.84. The summed E-state index contributed by atoms with van der Waals surface area (Å²) in [6.07, 6.45) is 1.83. The fourth-order valence-electron chi connectivity index (χ4n) is 2.00. The number of rotatable bonds is 1. The van der Waals surface area contributed by atoms with Crippen LogP contribution in [0.1, 0.15) is 33.1 Å². The maximum atomic E-state index is 11.3. The minimum atomic E-state index is -0.433. The Kier molecular flexibility index (Phi) is 1.73. The minimum absolute atomic E-state index is 0.0556. The van der Waals surface area contributed by atoms with E-state index in [0.29, 0.717) is 6.42 Å². The summed E-state index contributed by atoms with van der Waals surface area (Å²) in [5, 5.41) is 0. The van der Waals surface area contributed by atoms with Crippen LogP contribution in [0, 0.1) is 0 Å². The Morgan fingerprint density at radius 2 is 2.33 bits per heavy atom. The maximum Gasteiger partial charge on any atom is 0.170 e. The molecule has 3 atom stereocenters. The lowest BCUT2D eigenvalue weighted by atomic mass is 9.99. The number of hydrogen-bond donors (Lipinski definition) is 0. The maximum absolute atomic E-state index is 11.3. The van der Waals surface area contributed by atoms with E-state index in [1.54, 1.807) is 0 Å². The fraction of sp³-hybridized carbons (Fsp3) is 0.889. The molecule has 0 radical (unpaired) electrons. The molecule has 0 aromatic rings. The van der Waals surface area contributed by atoms with Crippen LogP contribution in [-0.4, -0.2) is 23.8 Å². The highest BCUT2D eigenvalue weighted by Gasteiger charge is 2.51. The Hall–Kier alpha value is -0.410. The van der Waals surface area contributed by atoms with E-state index in [0.717, 1.165) is 12.8 Å². The summed E-state index contributed by atoms with van der Waals surface area (Å²) in [5.74, 6) is -0.234. The Morgan fingerprint density at radius 1 is 1.58 bits per heavy atom. The molecule has 2 rings (SSSR count). The van der Waals surface area contributed by atoms with Gasteiger partial charge in [-0.3, -0.25) is 4.79 Å². The molecule has 2 heterocycles. The van der Waals surface area contributed by atoms with Crippen LogP contribution in [0.2, 0.25) is 0 Å². The van der Waals surface area contributed by atoms with Crippen LogP contribution in [0.4, 0.5) is 0 Å². The summed E-state index contributed by atoms with van der Waals surface area (Å²) in [5.41, 5.74) is 0. The number of hydrogen-bond acceptors (Lipinski definition) is 3. The molecule has 2 fully saturated rings. The molecule has 0 spiro atoms. The molecule has 2 aliphatic heterocycles. The van der Waals surface area contributed by atoms with E-state index in [1.807, 2.05) is 13.8 Å². The summed E-state index contributed by atoms with van der Waals surface area (Å²) in [4.78, 5) is 11.3. The molecular formula is C9H14O3. The first kappa shape index (κ1) is 8.20. The molecule has 12 heavy (non-hydrogen) atoms. The second kappa shape index (κ2) is 2.54. The summed E-state index contributed by atoms with van der Waals surface area (Å²) in [6.45, 7) is 3.94. The molecule has 2 saturated heterocycles. The van der Waals surface area contributed by atoms with E-state index in [9.17, 15) is 4.79 Å². The van der Waals surface area contributed by atoms with Crippen molar-refractivity contribution < 1.29 is 14.3 Å². The van der Waals surface area contributed by atoms with Crippen LogP contribution in [-0.2, 0) is 14.3 Å². The zero-order valence-corrected chi connectivity index (χ0v) is 7.50. The largest absolute Gasteiger partial charge is 0.344 e. The Bertz CT molecular complexity index is 214. The second-order valence-electron chi connectivity index (χ2n) is 3.59. The first-order valence-electron chi connectivity index (χ1n) is 4.55. The SMILES string of the molecule is CCC12CCC(=O)C(O1)C(C)O2. The molecule has 3 unspecified atom stereocenters. The first-order valence-corrected chi connectivity index (χ1v) is 4.55. The number of fused-ring (bicyclic) bond motifs is 2. The second-order valence-corrected chi connectivity index (χ2v) is 3.59. The standard InChI is InChI=1S/C9H14O3/c1-3-9-5-4-7(10)8(12-9)6(2)11-9/h6,8H,3-5H2,1-2H3. The van der Waals surface area contributed by atoms with Gasteiger partial charge in [0.15, 0.2) is 11.6 Å². The molecule has 2 aliphatic rings. The predicted molar refractivity (Wildman–Crippen MR) is 42.7 cm³/mol. The zero-order valence-electron chi connectivity index (χ0n) is 7.50. The normalized spacial score (nSPS) is 46.7. The van der Waals surface area contributed by atoms with Gasteiger partial charge in [-0.05, 0) is 13.3 Å². The predicted octanol–water partition coefficient (Wildman–Crippen LogP) is 1.26. The zero-order chi connectivity index (χ0) is 8.77. The lowest BCUT2D eigenvalue weighted by molar-refractivity contribution is -0.195. The lowest BCUT2D eigenvalue weighted by Gasteiger charge is -2.29. The topological polar surface area (TPSA) is 35.5 Å². The molecule has 0 aliphatic carbocycles. The van der Waals surface area contributed by atoms with Crippen LogP contribution in [0.5, 0.6) is 0 Å². The molecule has 2 bridgehead atoms. The van der Waals surface area contributed by atoms with Crippen LogP contribution < -0.4 is 0 Å². The van der Waals surface area contributed by atoms with Crippen molar-refractivity contribution in [2.24, 2.45) is 0 Å². The van der Waals surface area contributed by atoms with Gasteiger partial charge in [-0.1, -0.05) is 6.92 Å². The highest BCUT2D eigenvalue weighted by Crippen LogP contribution is 2.40. The van der Waals surface area contributed by atoms with E-state index in [2.05, 4.69) is 0 Å². The van der Waals surface area contributed by atoms with Crippen molar-refractivity contribution in [3.05, 3.63) is 0 Å². The van der Waals surface area contributed by atoms with Gasteiger partial charge in [0.25, 0.3) is 0 Å². The van der Waals surface area contributed by atoms with Crippen LogP contribution in [0.3, 0.4) is 0 Å². The number of ether oxygens (including phenoxy) is 2. The molecule has 0 aromatic heterocycles. The third-order valence-electron chi connectivity index (χ3n) is 2.78. The third-order valence-corrected chi connectivity index (χ3v) is 2.78. The first-order chi connectivity index (χ1) is 5.67. The average molecular weight is 170 g/mol. The van der Waals surface area contributed by atoms with E-state index in [1.165, 1.54) is 0 Å². The quantitative estimate of drug-likeness (QED) is 0.594. The van der Waals surface area contributed by atoms with Gasteiger partial charge in [0.2, 0.25) is 0 Å². The Balaban J connectivity index is 2.22. The molecule has 68 valence electrons. The van der Waals surface area contributed by atoms with E-state index < -0.39 is 5.79 Å². The van der Waals surface area contributed by atoms with E-state index in [-0.39, 0.29) is 18.0 Å². The van der Waals surface area contributed by atoms with Crippen molar-refractivity contribution in [3.63, 3.8) is 0 Å². The number of ketones is 1. The molecule has 0 N–H and O–H groups in total. The summed E-state index contributed by atoms with van der Waals surface area (Å²) in [6, 6.07) is 0. The molecule has 0 amide bonds. The Morgan fingerprint density at radius 3 is 3.00 bits per heavy atom. The monoisotopic (exact) mass is 170 g/mol. The van der Waals surface area contributed by atoms with Crippen molar-refractivity contribution in [2.45, 2.75) is 51.1 Å². The fourth-order valence-corrected chi connectivity index (χ4v) is 2.00. The highest BCUT2D eigenvalue weighted by atomic mass is 16.8. The van der Waals surface area contributed by atoms with E-state index >= 15 is 0 Å². The van der Waals surface area contributed by atoms with Crippen molar-refractivity contribution >= 4 is 5.78 Å². The number of carbonyl (C=O) groups excluding carboxylic acids is 1. The summed E-state index contributed by atoms with van der Waals surface area (Å²) in [7, 11) is 0. The third kappa shape index (κ3) is 1.00. The van der Waals surface area contributed by atoms with Gasteiger partial charge in [0, 0.05) is 12.8 Å². The van der Waals surface area contributed by atoms with Gasteiger partial charge in [0.05, 0.1) is 6.10 Å². The van der Waals surface area contributed by atoms with Gasteiger partial charge in [0.1, 0.15) is 6.10 Å². The lowest BCUT2D eigenvalue weighted by Crippen LogP contribution is -2.38. The molecule has 3 heteroatoms. The van der Waals surface area contributed by atoms with Gasteiger partial charge in [-0.2, -0.15) is 0 Å². The number of carbonyl (C=O) groups is 1. The van der Waals surface area contributed by atoms with Crippen molar-refractivity contribution in [1.29, 1.82) is 0 Å². The van der Waals surface area contributed by atoms with Crippen LogP contribution in [0.25, 0.3) is 0 Å². The van der Waals surface area contributed by atoms with Crippen molar-refractivity contribution in [2.75, 3.05) is 0 Å². The van der Waals surface area contributed by atoms with Gasteiger partial charge >= 0.3 is 0 Å². The summed E-state index contributed by atoms with van der Waals surface area (Å²) < 4.78 is 11.2. The van der Waals surface area contributed by atoms with Crippen molar-refractivity contribution in [3.8, 4) is 0 Å². The van der Waals surface area contributed by atoms with Crippen LogP contribution >= 0.6 is 0 Å². The van der Waals surface area contributed by atoms with E-state index in [4.69, 9.17) is 9.47 Å². The molecular weight excluding hydrogens is 156 g/mol. The van der Waals surface area contributed by atoms with Crippen molar-refractivity contribution in [1.82, 2.24) is 0 Å². The van der Waals surface area contributed by atoms with Gasteiger partial charge in [-0.15, -0.1) is 0 Å². The van der Waals surface area contributed by atoms with Gasteiger partial charge in [-0.25, -0.2) is 0 Å². The van der Waals surface area contributed by atoms with Gasteiger partial charge < -0.3 is 9.47 Å². The molecule has 0 aromatic carbocycles. The van der Waals surface area contributed by atoms with Crippen LogP contribution in [0.15, 0.2) is 0 Å². The minimum Gasteiger partial charge on any atom is -0.344 e. The molecule has 3 nitrogen and oxygen atoms in total. The average Bonchev–Trinajstić information content (AvgIpc) is 2.35. The summed E-state index contributed by atoms with van der Waals surface area (Å²) >= 11 is 0. The number of Topliss-reactive ketones (excluding diaryl/α,β-unsaturated/α-hetero) is 1.